The quantitative estimate of drug-likeness (QED) is 0.856. The van der Waals surface area contributed by atoms with Gasteiger partial charge in [0.25, 0.3) is 0 Å². The second-order valence-electron chi connectivity index (χ2n) is 4.85. The van der Waals surface area contributed by atoms with Crippen molar-refractivity contribution >= 4 is 23.2 Å². The number of ketones is 2. The van der Waals surface area contributed by atoms with Crippen molar-refractivity contribution < 1.29 is 14.3 Å². The van der Waals surface area contributed by atoms with Gasteiger partial charge in [0.1, 0.15) is 5.75 Å². The zero-order chi connectivity index (χ0) is 15.6. The van der Waals surface area contributed by atoms with E-state index < -0.39 is 0 Å². The molecule has 0 aliphatic heterocycles. The fraction of sp³-hybridized carbons (Fsp3) is 0.250. The van der Waals surface area contributed by atoms with Crippen LogP contribution in [0.3, 0.4) is 0 Å². The monoisotopic (exact) mass is 305 g/mol. The van der Waals surface area contributed by atoms with Gasteiger partial charge in [-0.2, -0.15) is 0 Å². The van der Waals surface area contributed by atoms with E-state index >= 15 is 0 Å². The molecule has 0 bridgehead atoms. The highest BCUT2D eigenvalue weighted by Crippen LogP contribution is 2.20. The Morgan fingerprint density at radius 1 is 1.19 bits per heavy atom. The van der Waals surface area contributed by atoms with Crippen LogP contribution in [0.15, 0.2) is 24.3 Å². The minimum absolute atomic E-state index is 0.0566. The zero-order valence-electron chi connectivity index (χ0n) is 12.1. The topological polar surface area (TPSA) is 59.2 Å². The number of carbonyl (C=O) groups excluding carboxylic acids is 2. The summed E-state index contributed by atoms with van der Waals surface area (Å²) in [4.78, 5) is 26.7. The predicted molar refractivity (Wildman–Crippen MR) is 81.5 cm³/mol. The van der Waals surface area contributed by atoms with Crippen molar-refractivity contribution in [3.8, 4) is 5.75 Å². The van der Waals surface area contributed by atoms with Crippen LogP contribution in [0.1, 0.15) is 39.0 Å². The van der Waals surface area contributed by atoms with Crippen LogP contribution in [-0.2, 0) is 0 Å². The van der Waals surface area contributed by atoms with Crippen molar-refractivity contribution in [2.24, 2.45) is 0 Å². The number of aryl methyl sites for hydroxylation is 1. The normalized spacial score (nSPS) is 10.5. The van der Waals surface area contributed by atoms with Gasteiger partial charge in [-0.1, -0.05) is 11.6 Å². The summed E-state index contributed by atoms with van der Waals surface area (Å²) in [7, 11) is 0. The van der Waals surface area contributed by atoms with Gasteiger partial charge in [0.05, 0.1) is 5.69 Å². The molecule has 2 aromatic rings. The van der Waals surface area contributed by atoms with E-state index in [1.165, 1.54) is 6.92 Å². The van der Waals surface area contributed by atoms with Crippen LogP contribution in [0.2, 0.25) is 5.02 Å². The molecule has 0 aliphatic rings. The number of aromatic amines is 1. The van der Waals surface area contributed by atoms with E-state index in [0.717, 1.165) is 0 Å². The summed E-state index contributed by atoms with van der Waals surface area (Å²) < 4.78 is 5.43. The minimum atomic E-state index is -0.196. The van der Waals surface area contributed by atoms with E-state index in [1.54, 1.807) is 38.1 Å². The summed E-state index contributed by atoms with van der Waals surface area (Å²) in [5, 5.41) is 0.607. The Labute approximate surface area is 128 Å². The molecule has 21 heavy (non-hydrogen) atoms. The maximum absolute atomic E-state index is 12.2. The van der Waals surface area contributed by atoms with Gasteiger partial charge in [-0.25, -0.2) is 0 Å². The molecule has 1 aromatic heterocycles. The number of Topliss-reactive ketones (excluding diaryl/α,β-unsaturated/α-hetero) is 2. The standard InChI is InChI=1S/C16H16ClNO3/c1-9-15(11(3)19)10(2)18-16(9)14(20)8-21-13-6-4-12(17)5-7-13/h4-7,18H,8H2,1-3H3. The van der Waals surface area contributed by atoms with E-state index in [1.807, 2.05) is 0 Å². The molecular formula is C16H16ClNO3. The lowest BCUT2D eigenvalue weighted by Crippen LogP contribution is -2.13. The summed E-state index contributed by atoms with van der Waals surface area (Å²) in [6, 6.07) is 6.78. The number of halogens is 1. The second kappa shape index (κ2) is 6.14. The number of benzene rings is 1. The highest BCUT2D eigenvalue weighted by atomic mass is 35.5. The molecule has 0 atom stereocenters. The van der Waals surface area contributed by atoms with Crippen LogP contribution in [-0.4, -0.2) is 23.2 Å². The largest absolute Gasteiger partial charge is 0.485 e. The van der Waals surface area contributed by atoms with Gasteiger partial charge in [-0.3, -0.25) is 9.59 Å². The Bertz CT molecular complexity index is 686. The summed E-state index contributed by atoms with van der Waals surface area (Å²) in [6.45, 7) is 4.93. The predicted octanol–water partition coefficient (Wildman–Crippen LogP) is 3.75. The zero-order valence-corrected chi connectivity index (χ0v) is 12.9. The fourth-order valence-corrected chi connectivity index (χ4v) is 2.43. The van der Waals surface area contributed by atoms with Crippen molar-refractivity contribution in [3.05, 3.63) is 51.8 Å². The van der Waals surface area contributed by atoms with E-state index in [4.69, 9.17) is 16.3 Å². The maximum atomic E-state index is 12.2. The van der Waals surface area contributed by atoms with E-state index in [-0.39, 0.29) is 18.2 Å². The summed E-state index contributed by atoms with van der Waals surface area (Å²) in [6.07, 6.45) is 0. The van der Waals surface area contributed by atoms with Crippen molar-refractivity contribution in [2.45, 2.75) is 20.8 Å². The molecule has 1 N–H and O–H groups in total. The number of hydrogen-bond acceptors (Lipinski definition) is 3. The molecule has 5 heteroatoms. The van der Waals surface area contributed by atoms with Crippen LogP contribution in [0, 0.1) is 13.8 Å². The SMILES string of the molecule is CC(=O)c1c(C)[nH]c(C(=O)COc2ccc(Cl)cc2)c1C. The van der Waals surface area contributed by atoms with E-state index in [9.17, 15) is 9.59 Å². The van der Waals surface area contributed by atoms with Crippen LogP contribution in [0.4, 0.5) is 0 Å². The number of hydrogen-bond donors (Lipinski definition) is 1. The van der Waals surface area contributed by atoms with Crippen LogP contribution in [0.25, 0.3) is 0 Å². The number of rotatable bonds is 5. The molecule has 0 radical (unpaired) electrons. The lowest BCUT2D eigenvalue weighted by atomic mass is 10.1. The first-order valence-electron chi connectivity index (χ1n) is 6.51. The van der Waals surface area contributed by atoms with Crippen molar-refractivity contribution in [1.29, 1.82) is 0 Å². The second-order valence-corrected chi connectivity index (χ2v) is 5.28. The number of nitrogens with one attached hydrogen (secondary N) is 1. The molecule has 0 spiro atoms. The molecule has 0 saturated carbocycles. The third-order valence-corrected chi connectivity index (χ3v) is 3.50. The Morgan fingerprint density at radius 2 is 1.81 bits per heavy atom. The molecule has 1 aromatic carbocycles. The van der Waals surface area contributed by atoms with Gasteiger partial charge in [-0.05, 0) is 50.6 Å². The number of carbonyl (C=O) groups is 2. The van der Waals surface area contributed by atoms with Crippen molar-refractivity contribution in [2.75, 3.05) is 6.61 Å². The maximum Gasteiger partial charge on any atom is 0.216 e. The first-order valence-corrected chi connectivity index (χ1v) is 6.89. The fourth-order valence-electron chi connectivity index (χ4n) is 2.31. The van der Waals surface area contributed by atoms with Crippen LogP contribution < -0.4 is 4.74 Å². The summed E-state index contributed by atoms with van der Waals surface area (Å²) in [5.41, 5.74) is 2.37. The smallest absolute Gasteiger partial charge is 0.216 e. The van der Waals surface area contributed by atoms with Gasteiger partial charge >= 0.3 is 0 Å². The molecule has 1 heterocycles. The first kappa shape index (κ1) is 15.3. The summed E-state index contributed by atoms with van der Waals surface area (Å²) >= 11 is 5.78. The number of ether oxygens (including phenoxy) is 1. The molecule has 0 unspecified atom stereocenters. The van der Waals surface area contributed by atoms with Gasteiger partial charge < -0.3 is 9.72 Å². The van der Waals surface area contributed by atoms with Gasteiger partial charge in [0.15, 0.2) is 12.4 Å². The lowest BCUT2D eigenvalue weighted by Gasteiger charge is -2.05. The van der Waals surface area contributed by atoms with E-state index in [2.05, 4.69) is 4.98 Å². The Hall–Kier alpha value is -2.07. The lowest BCUT2D eigenvalue weighted by molar-refractivity contribution is 0.0916. The van der Waals surface area contributed by atoms with Crippen molar-refractivity contribution in [3.63, 3.8) is 0 Å². The Kier molecular flexibility index (Phi) is 4.48. The molecule has 4 nitrogen and oxygen atoms in total. The number of H-pyrrole nitrogens is 1. The molecular weight excluding hydrogens is 290 g/mol. The Balaban J connectivity index is 2.12. The van der Waals surface area contributed by atoms with Gasteiger partial charge in [-0.15, -0.1) is 0 Å². The molecule has 0 saturated heterocycles. The highest BCUT2D eigenvalue weighted by Gasteiger charge is 2.19. The summed E-state index contributed by atoms with van der Waals surface area (Å²) in [5.74, 6) is 0.317. The number of aromatic nitrogens is 1. The van der Waals surface area contributed by atoms with Gasteiger partial charge in [0.2, 0.25) is 5.78 Å². The van der Waals surface area contributed by atoms with Gasteiger partial charge in [0, 0.05) is 16.3 Å². The molecule has 0 aliphatic carbocycles. The minimum Gasteiger partial charge on any atom is -0.485 e. The molecule has 2 rings (SSSR count). The first-order chi connectivity index (χ1) is 9.90. The Morgan fingerprint density at radius 3 is 2.33 bits per heavy atom. The molecule has 0 amide bonds. The third-order valence-electron chi connectivity index (χ3n) is 3.25. The average molecular weight is 306 g/mol. The van der Waals surface area contributed by atoms with E-state index in [0.29, 0.717) is 33.3 Å². The van der Waals surface area contributed by atoms with Crippen LogP contribution >= 0.6 is 11.6 Å². The third kappa shape index (κ3) is 3.34. The molecule has 110 valence electrons. The average Bonchev–Trinajstić information content (AvgIpc) is 2.73. The van der Waals surface area contributed by atoms with Crippen LogP contribution in [0.5, 0.6) is 5.75 Å². The molecule has 0 fully saturated rings. The van der Waals surface area contributed by atoms with Crippen molar-refractivity contribution in [1.82, 2.24) is 4.98 Å². The highest BCUT2D eigenvalue weighted by molar-refractivity contribution is 6.30.